The van der Waals surface area contributed by atoms with E-state index in [9.17, 15) is 14.4 Å². The van der Waals surface area contributed by atoms with Gasteiger partial charge in [0, 0.05) is 29.7 Å². The SMILES string of the molecule is CCc1ccccc1NC(=O)COC(=O)[C@H]1CC(=O)N(c2ccc(Oc3cccc4ccccc34)cc2)C1. The molecule has 4 aromatic carbocycles. The van der Waals surface area contributed by atoms with E-state index in [4.69, 9.17) is 9.47 Å². The van der Waals surface area contributed by atoms with E-state index >= 15 is 0 Å². The average molecular weight is 509 g/mol. The number of rotatable bonds is 8. The fraction of sp³-hybridized carbons (Fsp3) is 0.194. The number of ether oxygens (including phenoxy) is 2. The number of hydrogen-bond acceptors (Lipinski definition) is 5. The Balaban J connectivity index is 1.17. The van der Waals surface area contributed by atoms with Gasteiger partial charge in [0.1, 0.15) is 11.5 Å². The molecule has 192 valence electrons. The van der Waals surface area contributed by atoms with Crippen LogP contribution in [-0.2, 0) is 25.5 Å². The number of amides is 2. The summed E-state index contributed by atoms with van der Waals surface area (Å²) in [6, 6.07) is 28.6. The van der Waals surface area contributed by atoms with Crippen LogP contribution >= 0.6 is 0 Å². The number of fused-ring (bicyclic) bond motifs is 1. The molecular weight excluding hydrogens is 480 g/mol. The number of hydrogen-bond donors (Lipinski definition) is 1. The van der Waals surface area contributed by atoms with Crippen LogP contribution in [0.15, 0.2) is 91.0 Å². The third-order valence-corrected chi connectivity index (χ3v) is 6.60. The molecule has 0 radical (unpaired) electrons. The molecule has 1 saturated heterocycles. The second-order valence-electron chi connectivity index (χ2n) is 9.15. The average Bonchev–Trinajstić information content (AvgIpc) is 3.34. The fourth-order valence-corrected chi connectivity index (χ4v) is 4.61. The summed E-state index contributed by atoms with van der Waals surface area (Å²) < 4.78 is 11.3. The van der Waals surface area contributed by atoms with E-state index in [0.29, 0.717) is 17.1 Å². The molecule has 7 nitrogen and oxygen atoms in total. The number of para-hydroxylation sites is 1. The number of benzene rings is 4. The van der Waals surface area contributed by atoms with Gasteiger partial charge in [0.15, 0.2) is 6.61 Å². The predicted octanol–water partition coefficient (Wildman–Crippen LogP) is 5.73. The van der Waals surface area contributed by atoms with E-state index in [1.165, 1.54) is 0 Å². The maximum absolute atomic E-state index is 12.7. The molecular formula is C31H28N2O5. The zero-order valence-corrected chi connectivity index (χ0v) is 21.1. The van der Waals surface area contributed by atoms with Crippen molar-refractivity contribution in [2.24, 2.45) is 5.92 Å². The highest BCUT2D eigenvalue weighted by molar-refractivity contribution is 6.00. The van der Waals surface area contributed by atoms with Gasteiger partial charge in [-0.2, -0.15) is 0 Å². The number of carbonyl (C=O) groups excluding carboxylic acids is 3. The van der Waals surface area contributed by atoms with Gasteiger partial charge in [0.25, 0.3) is 5.91 Å². The fourth-order valence-electron chi connectivity index (χ4n) is 4.61. The minimum atomic E-state index is -0.634. The number of carbonyl (C=O) groups is 3. The lowest BCUT2D eigenvalue weighted by Crippen LogP contribution is -2.28. The van der Waals surface area contributed by atoms with Crippen LogP contribution in [0.25, 0.3) is 10.8 Å². The van der Waals surface area contributed by atoms with Gasteiger partial charge in [-0.05, 0) is 53.8 Å². The Morgan fingerprint density at radius 3 is 2.47 bits per heavy atom. The van der Waals surface area contributed by atoms with Crippen LogP contribution in [0.5, 0.6) is 11.5 Å². The van der Waals surface area contributed by atoms with Gasteiger partial charge in [-0.3, -0.25) is 14.4 Å². The maximum atomic E-state index is 12.7. The first kappa shape index (κ1) is 25.0. The van der Waals surface area contributed by atoms with Crippen molar-refractivity contribution in [1.29, 1.82) is 0 Å². The summed E-state index contributed by atoms with van der Waals surface area (Å²) in [7, 11) is 0. The van der Waals surface area contributed by atoms with E-state index in [0.717, 1.165) is 28.5 Å². The molecule has 5 rings (SSSR count). The summed E-state index contributed by atoms with van der Waals surface area (Å²) in [6.45, 7) is 1.79. The second kappa shape index (κ2) is 11.2. The van der Waals surface area contributed by atoms with E-state index in [1.807, 2.05) is 73.7 Å². The third-order valence-electron chi connectivity index (χ3n) is 6.60. The number of esters is 1. The highest BCUT2D eigenvalue weighted by Crippen LogP contribution is 2.32. The molecule has 7 heteroatoms. The lowest BCUT2D eigenvalue weighted by atomic mass is 10.1. The summed E-state index contributed by atoms with van der Waals surface area (Å²) in [5, 5.41) is 4.88. The van der Waals surface area contributed by atoms with Gasteiger partial charge < -0.3 is 19.7 Å². The molecule has 0 bridgehead atoms. The van der Waals surface area contributed by atoms with Crippen LogP contribution in [0.2, 0.25) is 0 Å². The summed E-state index contributed by atoms with van der Waals surface area (Å²) in [4.78, 5) is 39.1. The summed E-state index contributed by atoms with van der Waals surface area (Å²) in [5.41, 5.74) is 2.37. The molecule has 1 N–H and O–H groups in total. The van der Waals surface area contributed by atoms with Crippen LogP contribution in [-0.4, -0.2) is 30.9 Å². The van der Waals surface area contributed by atoms with Crippen molar-refractivity contribution in [2.45, 2.75) is 19.8 Å². The maximum Gasteiger partial charge on any atom is 0.311 e. The Bertz CT molecular complexity index is 1480. The van der Waals surface area contributed by atoms with Gasteiger partial charge in [0.05, 0.1) is 5.92 Å². The van der Waals surface area contributed by atoms with Crippen molar-refractivity contribution < 1.29 is 23.9 Å². The van der Waals surface area contributed by atoms with E-state index in [-0.39, 0.29) is 18.9 Å². The molecule has 0 spiro atoms. The molecule has 38 heavy (non-hydrogen) atoms. The van der Waals surface area contributed by atoms with E-state index < -0.39 is 24.4 Å². The number of nitrogens with one attached hydrogen (secondary N) is 1. The minimum Gasteiger partial charge on any atom is -0.457 e. The molecule has 1 heterocycles. The zero-order valence-electron chi connectivity index (χ0n) is 21.1. The molecule has 0 aromatic heterocycles. The van der Waals surface area contributed by atoms with Crippen molar-refractivity contribution in [3.8, 4) is 11.5 Å². The largest absolute Gasteiger partial charge is 0.457 e. The Kier molecular flexibility index (Phi) is 7.35. The van der Waals surface area contributed by atoms with E-state index in [2.05, 4.69) is 5.32 Å². The first-order valence-corrected chi connectivity index (χ1v) is 12.6. The highest BCUT2D eigenvalue weighted by atomic mass is 16.5. The van der Waals surface area contributed by atoms with Crippen molar-refractivity contribution in [3.05, 3.63) is 96.6 Å². The molecule has 1 atom stereocenters. The smallest absolute Gasteiger partial charge is 0.311 e. The Morgan fingerprint density at radius 2 is 1.66 bits per heavy atom. The van der Waals surface area contributed by atoms with Crippen molar-refractivity contribution in [2.75, 3.05) is 23.4 Å². The summed E-state index contributed by atoms with van der Waals surface area (Å²) >= 11 is 0. The van der Waals surface area contributed by atoms with Crippen molar-refractivity contribution in [3.63, 3.8) is 0 Å². The first-order chi connectivity index (χ1) is 18.5. The highest BCUT2D eigenvalue weighted by Gasteiger charge is 2.36. The molecule has 2 amide bonds. The van der Waals surface area contributed by atoms with Crippen LogP contribution in [0.4, 0.5) is 11.4 Å². The predicted molar refractivity (Wildman–Crippen MR) is 146 cm³/mol. The molecule has 0 unspecified atom stereocenters. The number of aryl methyl sites for hydroxylation is 1. The Hall–Kier alpha value is -4.65. The van der Waals surface area contributed by atoms with E-state index in [1.54, 1.807) is 29.2 Å². The minimum absolute atomic E-state index is 0.0351. The van der Waals surface area contributed by atoms with Gasteiger partial charge in [-0.1, -0.05) is 61.5 Å². The summed E-state index contributed by atoms with van der Waals surface area (Å²) in [5.74, 6) is -0.389. The first-order valence-electron chi connectivity index (χ1n) is 12.6. The molecule has 4 aromatic rings. The molecule has 1 fully saturated rings. The van der Waals surface area contributed by atoms with Crippen molar-refractivity contribution in [1.82, 2.24) is 0 Å². The monoisotopic (exact) mass is 508 g/mol. The van der Waals surface area contributed by atoms with Crippen molar-refractivity contribution >= 4 is 39.9 Å². The normalized spacial score (nSPS) is 14.9. The quantitative estimate of drug-likeness (QED) is 0.307. The molecule has 1 aliphatic heterocycles. The molecule has 0 aliphatic carbocycles. The number of anilines is 2. The standard InChI is InChI=1S/C31H28N2O5/c1-2-21-8-4-6-12-27(21)32-29(34)20-37-31(36)23-18-30(35)33(19-23)24-14-16-25(17-15-24)38-28-13-7-10-22-9-3-5-11-26(22)28/h3-17,23H,2,18-20H2,1H3,(H,32,34)/t23-/m0/s1. The van der Waals surface area contributed by atoms with Crippen LogP contribution in [0.1, 0.15) is 18.9 Å². The number of nitrogens with zero attached hydrogens (tertiary/aromatic N) is 1. The van der Waals surface area contributed by atoms with Crippen LogP contribution < -0.4 is 15.0 Å². The topological polar surface area (TPSA) is 84.9 Å². The van der Waals surface area contributed by atoms with Crippen LogP contribution in [0.3, 0.4) is 0 Å². The second-order valence-corrected chi connectivity index (χ2v) is 9.15. The Morgan fingerprint density at radius 1 is 0.921 bits per heavy atom. The van der Waals surface area contributed by atoms with Gasteiger partial charge in [0.2, 0.25) is 5.91 Å². The van der Waals surface area contributed by atoms with Gasteiger partial charge in [-0.25, -0.2) is 0 Å². The lowest BCUT2D eigenvalue weighted by Gasteiger charge is -2.17. The molecule has 1 aliphatic rings. The van der Waals surface area contributed by atoms with Crippen LogP contribution in [0, 0.1) is 5.92 Å². The summed E-state index contributed by atoms with van der Waals surface area (Å²) in [6.07, 6.45) is 0.805. The zero-order chi connectivity index (χ0) is 26.5. The third kappa shape index (κ3) is 5.52. The van der Waals surface area contributed by atoms with Gasteiger partial charge in [-0.15, -0.1) is 0 Å². The lowest BCUT2D eigenvalue weighted by molar-refractivity contribution is -0.151. The molecule has 0 saturated carbocycles. The Labute approximate surface area is 221 Å². The van der Waals surface area contributed by atoms with Gasteiger partial charge >= 0.3 is 5.97 Å².